The Morgan fingerprint density at radius 1 is 0.329 bits per heavy atom. The molecule has 0 N–H and O–H groups in total. The molecular weight excluding hydrogens is 1030 g/mol. The Morgan fingerprint density at radius 3 is 1.32 bits per heavy atom. The fraction of sp³-hybridized carbons (Fsp3) is 0.250. The van der Waals surface area contributed by atoms with E-state index in [-0.39, 0.29) is 33.8 Å². The molecule has 10 aromatic carbocycles. The van der Waals surface area contributed by atoms with E-state index in [4.69, 9.17) is 4.74 Å². The average Bonchev–Trinajstić information content (AvgIpc) is 0.877. The molecule has 5 heterocycles. The minimum atomic E-state index is -0.746. The minimum absolute atomic E-state index is 0.00739. The molecule has 15 rings (SSSR count). The predicted octanol–water partition coefficient (Wildman–Crippen LogP) is 19.5. The Morgan fingerprint density at radius 2 is 0.776 bits per heavy atom. The molecule has 85 heavy (non-hydrogen) atoms. The summed E-state index contributed by atoms with van der Waals surface area (Å²) in [4.78, 5) is 7.75. The maximum absolute atomic E-state index is 7.21. The standard InChI is InChI=1S/C80H76BN3O/c1-75(2,3)51-31-37-55(38-32-51)82-67-41-35-53(77(7,8)9)47-63(67)81-64-48-54(78(10,11)12)36-42-68(64)83(56-39-33-52(34-40-56)76(4,5)6)70-46-50(45-69(82)73(70)81)49-30-43-72-62(44-49)80(59-24-17-20-29-71(59)85-72)58-23-16-19-28-66(58)84-65-27-18-15-22-57(65)79(13,14)60-25-21-26-61(80)74(60)84/h15-48H,1-14H3. The number of benzene rings is 10. The molecule has 10 aromatic rings. The summed E-state index contributed by atoms with van der Waals surface area (Å²) in [5.74, 6) is 1.75. The van der Waals surface area contributed by atoms with Crippen molar-refractivity contribution in [3.05, 3.63) is 262 Å². The van der Waals surface area contributed by atoms with Gasteiger partial charge in [0.25, 0.3) is 6.71 Å². The number of nitrogens with zero attached hydrogens (tertiary/aromatic N) is 3. The molecule has 420 valence electrons. The van der Waals surface area contributed by atoms with Gasteiger partial charge >= 0.3 is 0 Å². The van der Waals surface area contributed by atoms with Crippen LogP contribution < -0.4 is 35.8 Å². The number of hydrogen-bond donors (Lipinski definition) is 0. The first-order valence-corrected chi connectivity index (χ1v) is 30.8. The van der Waals surface area contributed by atoms with E-state index in [9.17, 15) is 0 Å². The van der Waals surface area contributed by atoms with Gasteiger partial charge in [-0.1, -0.05) is 224 Å². The van der Waals surface area contributed by atoms with Crippen molar-refractivity contribution in [2.24, 2.45) is 0 Å². The summed E-state index contributed by atoms with van der Waals surface area (Å²) in [5.41, 5.74) is 28.5. The predicted molar refractivity (Wildman–Crippen MR) is 359 cm³/mol. The van der Waals surface area contributed by atoms with Gasteiger partial charge in [-0.2, -0.15) is 0 Å². The highest BCUT2D eigenvalue weighted by atomic mass is 16.5. The molecule has 0 bridgehead atoms. The minimum Gasteiger partial charge on any atom is -0.457 e. The fourth-order valence-electron chi connectivity index (χ4n) is 15.1. The van der Waals surface area contributed by atoms with Crippen LogP contribution in [0.15, 0.2) is 206 Å². The van der Waals surface area contributed by atoms with Gasteiger partial charge in [-0.15, -0.1) is 0 Å². The van der Waals surface area contributed by atoms with Crippen LogP contribution in [0.25, 0.3) is 11.1 Å². The van der Waals surface area contributed by atoms with Gasteiger partial charge in [0.2, 0.25) is 0 Å². The van der Waals surface area contributed by atoms with E-state index in [0.29, 0.717) is 0 Å². The smallest absolute Gasteiger partial charge is 0.252 e. The first-order valence-electron chi connectivity index (χ1n) is 30.8. The number of hydrogen-bond acceptors (Lipinski definition) is 4. The van der Waals surface area contributed by atoms with E-state index < -0.39 is 5.41 Å². The third-order valence-electron chi connectivity index (χ3n) is 19.7. The molecule has 0 amide bonds. The summed E-state index contributed by atoms with van der Waals surface area (Å²) < 4.78 is 7.21. The van der Waals surface area contributed by atoms with Crippen molar-refractivity contribution in [1.29, 1.82) is 0 Å². The maximum Gasteiger partial charge on any atom is 0.252 e. The van der Waals surface area contributed by atoms with Gasteiger partial charge in [-0.3, -0.25) is 0 Å². The van der Waals surface area contributed by atoms with E-state index in [0.717, 1.165) is 45.1 Å². The Bertz CT molecular complexity index is 4280. The van der Waals surface area contributed by atoms with Gasteiger partial charge < -0.3 is 19.4 Å². The third kappa shape index (κ3) is 7.74. The van der Waals surface area contributed by atoms with Crippen molar-refractivity contribution in [3.8, 4) is 22.6 Å². The summed E-state index contributed by atoms with van der Waals surface area (Å²) in [6.45, 7) is 32.7. The number of rotatable bonds is 3. The third-order valence-corrected chi connectivity index (χ3v) is 19.7. The summed E-state index contributed by atoms with van der Waals surface area (Å²) in [6.07, 6.45) is 0. The number of anilines is 9. The molecule has 1 atom stereocenters. The van der Waals surface area contributed by atoms with Gasteiger partial charge in [0, 0.05) is 50.7 Å². The van der Waals surface area contributed by atoms with Crippen molar-refractivity contribution in [1.82, 2.24) is 0 Å². The van der Waals surface area contributed by atoms with Crippen LogP contribution in [0.2, 0.25) is 0 Å². The normalized spacial score (nSPS) is 16.7. The van der Waals surface area contributed by atoms with E-state index >= 15 is 0 Å². The van der Waals surface area contributed by atoms with Gasteiger partial charge in [-0.05, 0) is 173 Å². The molecule has 5 aliphatic heterocycles. The van der Waals surface area contributed by atoms with E-state index in [2.05, 4.69) is 318 Å². The van der Waals surface area contributed by atoms with Crippen LogP contribution in [-0.4, -0.2) is 6.71 Å². The average molecular weight is 1110 g/mol. The quantitative estimate of drug-likeness (QED) is 0.164. The maximum atomic E-state index is 7.21. The zero-order chi connectivity index (χ0) is 59.1. The van der Waals surface area contributed by atoms with Crippen molar-refractivity contribution in [2.45, 2.75) is 129 Å². The summed E-state index contributed by atoms with van der Waals surface area (Å²) in [7, 11) is 0. The number of fused-ring (bicyclic) bond motifs is 14. The summed E-state index contributed by atoms with van der Waals surface area (Å²) >= 11 is 0. The van der Waals surface area contributed by atoms with Crippen molar-refractivity contribution in [2.75, 3.05) is 14.7 Å². The monoisotopic (exact) mass is 1110 g/mol. The van der Waals surface area contributed by atoms with Crippen molar-refractivity contribution in [3.63, 3.8) is 0 Å². The molecule has 0 aliphatic carbocycles. The van der Waals surface area contributed by atoms with Gasteiger partial charge in [-0.25, -0.2) is 0 Å². The van der Waals surface area contributed by atoms with E-state index in [1.54, 1.807) is 0 Å². The van der Waals surface area contributed by atoms with Crippen LogP contribution in [0.1, 0.15) is 153 Å². The van der Waals surface area contributed by atoms with Crippen molar-refractivity contribution < 1.29 is 4.74 Å². The second-order valence-corrected chi connectivity index (χ2v) is 29.4. The van der Waals surface area contributed by atoms with Gasteiger partial charge in [0.15, 0.2) is 0 Å². The SMILES string of the molecule is CC(C)(C)c1ccc(N2c3ccc(C(C)(C)C)cc3B3c4cc(C(C)(C)C)ccc4N(c4ccc(C(C)(C)C)cc4)c4cc(-c5ccc6c(c5)C5(c7ccccc7O6)c6ccccc6N6c7ccccc7C(C)(C)c7cccc5c76)cc2c43)cc1. The Kier molecular flexibility index (Phi) is 11.3. The topological polar surface area (TPSA) is 19.0 Å². The van der Waals surface area contributed by atoms with E-state index in [1.165, 1.54) is 101 Å². The lowest BCUT2D eigenvalue weighted by molar-refractivity contribution is 0.433. The highest BCUT2D eigenvalue weighted by molar-refractivity contribution is 7.00. The first kappa shape index (κ1) is 53.2. The largest absolute Gasteiger partial charge is 0.457 e. The highest BCUT2D eigenvalue weighted by Crippen LogP contribution is 2.66. The van der Waals surface area contributed by atoms with Gasteiger partial charge in [0.05, 0.1) is 22.5 Å². The zero-order valence-corrected chi connectivity index (χ0v) is 52.0. The van der Waals surface area contributed by atoms with Crippen LogP contribution in [-0.2, 0) is 32.5 Å². The van der Waals surface area contributed by atoms with Crippen LogP contribution in [0.3, 0.4) is 0 Å². The highest BCUT2D eigenvalue weighted by Gasteiger charge is 2.54. The lowest BCUT2D eigenvalue weighted by Crippen LogP contribution is -2.61. The second kappa shape index (κ2) is 18.0. The van der Waals surface area contributed by atoms with Crippen molar-refractivity contribution >= 4 is 74.3 Å². The molecule has 0 saturated carbocycles. The molecule has 0 radical (unpaired) electrons. The number of para-hydroxylation sites is 4. The molecule has 1 unspecified atom stereocenters. The van der Waals surface area contributed by atoms with Crippen LogP contribution in [0.5, 0.6) is 11.5 Å². The van der Waals surface area contributed by atoms with Gasteiger partial charge in [0.1, 0.15) is 11.5 Å². The Hall–Kier alpha value is -8.54. The molecule has 0 aromatic heterocycles. The lowest BCUT2D eigenvalue weighted by atomic mass is 9.33. The molecular formula is C80H76BN3O. The molecule has 5 aliphatic rings. The summed E-state index contributed by atoms with van der Waals surface area (Å²) in [6, 6.07) is 79.8. The van der Waals surface area contributed by atoms with E-state index in [1.807, 2.05) is 0 Å². The second-order valence-electron chi connectivity index (χ2n) is 29.4. The summed E-state index contributed by atoms with van der Waals surface area (Å²) in [5, 5.41) is 0. The molecule has 5 heteroatoms. The first-order chi connectivity index (χ1) is 40.4. The van der Waals surface area contributed by atoms with Crippen LogP contribution in [0.4, 0.5) is 51.2 Å². The molecule has 1 spiro atoms. The molecule has 4 nitrogen and oxygen atoms in total. The molecule has 0 fully saturated rings. The van der Waals surface area contributed by atoms with Crippen LogP contribution >= 0.6 is 0 Å². The van der Waals surface area contributed by atoms with Crippen LogP contribution in [0, 0.1) is 0 Å². The Balaban J connectivity index is 1.04. The molecule has 0 saturated heterocycles. The zero-order valence-electron chi connectivity index (χ0n) is 52.0. The Labute approximate surface area is 504 Å². The fourth-order valence-corrected chi connectivity index (χ4v) is 15.1. The lowest BCUT2D eigenvalue weighted by Gasteiger charge is -2.52. The number of ether oxygens (including phenoxy) is 1.